The molecule has 2 aromatic heterocycles. The lowest BCUT2D eigenvalue weighted by atomic mass is 9.75. The molecule has 2 saturated heterocycles. The molecular formula is C24H33N5O2S. The summed E-state index contributed by atoms with van der Waals surface area (Å²) in [6.45, 7) is 10.8. The molecule has 0 radical (unpaired) electrons. The van der Waals surface area contributed by atoms with Crippen LogP contribution in [-0.4, -0.2) is 55.8 Å². The quantitative estimate of drug-likeness (QED) is 0.690. The van der Waals surface area contributed by atoms with Crippen molar-refractivity contribution in [1.82, 2.24) is 24.3 Å². The van der Waals surface area contributed by atoms with Gasteiger partial charge in [-0.3, -0.25) is 9.59 Å². The zero-order valence-corrected chi connectivity index (χ0v) is 20.3. The Hall–Kier alpha value is -2.22. The second-order valence-corrected chi connectivity index (χ2v) is 11.4. The van der Waals surface area contributed by atoms with E-state index < -0.39 is 5.41 Å². The summed E-state index contributed by atoms with van der Waals surface area (Å²) in [5.41, 5.74) is 1.32. The molecule has 5 rings (SSSR count). The molecule has 7 nitrogen and oxygen atoms in total. The molecule has 2 unspecified atom stereocenters. The maximum atomic E-state index is 13.9. The van der Waals surface area contributed by atoms with Crippen LogP contribution in [0.4, 0.5) is 0 Å². The molecule has 0 aromatic carbocycles. The molecule has 172 valence electrons. The number of thiazole rings is 1. The van der Waals surface area contributed by atoms with Gasteiger partial charge in [0.25, 0.3) is 0 Å². The van der Waals surface area contributed by atoms with Crippen LogP contribution in [0.5, 0.6) is 0 Å². The monoisotopic (exact) mass is 455 g/mol. The zero-order valence-electron chi connectivity index (χ0n) is 19.5. The zero-order chi connectivity index (χ0) is 22.6. The number of amides is 2. The van der Waals surface area contributed by atoms with Crippen LogP contribution in [0, 0.1) is 24.2 Å². The molecule has 3 aliphatic rings. The molecule has 1 aliphatic carbocycles. The van der Waals surface area contributed by atoms with E-state index in [0.29, 0.717) is 38.1 Å². The third-order valence-corrected chi connectivity index (χ3v) is 8.54. The molecule has 2 atom stereocenters. The Labute approximate surface area is 193 Å². The number of nitrogens with zero attached hydrogens (tertiary/aromatic N) is 5. The number of likely N-dealkylation sites (tertiary alicyclic amines) is 2. The second-order valence-electron chi connectivity index (χ2n) is 10.4. The highest BCUT2D eigenvalue weighted by molar-refractivity contribution is 7.09. The number of hydrogen-bond acceptors (Lipinski definition) is 5. The minimum atomic E-state index is -0.577. The van der Waals surface area contributed by atoms with Crippen LogP contribution < -0.4 is 0 Å². The average Bonchev–Trinajstić information content (AvgIpc) is 3.50. The van der Waals surface area contributed by atoms with Crippen molar-refractivity contribution in [3.05, 3.63) is 34.3 Å². The maximum Gasteiger partial charge on any atom is 0.231 e. The van der Waals surface area contributed by atoms with Crippen molar-refractivity contribution in [3.8, 4) is 0 Å². The van der Waals surface area contributed by atoms with Crippen molar-refractivity contribution in [2.45, 2.75) is 65.5 Å². The highest BCUT2D eigenvalue weighted by atomic mass is 32.1. The fourth-order valence-electron chi connectivity index (χ4n) is 5.79. The number of aryl methyl sites for hydroxylation is 1. The van der Waals surface area contributed by atoms with Gasteiger partial charge in [0.2, 0.25) is 11.8 Å². The average molecular weight is 456 g/mol. The third kappa shape index (κ3) is 3.56. The molecule has 32 heavy (non-hydrogen) atoms. The van der Waals surface area contributed by atoms with Crippen LogP contribution in [0.1, 0.15) is 68.4 Å². The van der Waals surface area contributed by atoms with Crippen LogP contribution in [0.3, 0.4) is 0 Å². The van der Waals surface area contributed by atoms with E-state index in [9.17, 15) is 9.59 Å². The molecule has 0 bridgehead atoms. The molecule has 0 N–H and O–H groups in total. The lowest BCUT2D eigenvalue weighted by Crippen LogP contribution is -2.43. The summed E-state index contributed by atoms with van der Waals surface area (Å²) < 4.78 is 2.09. The summed E-state index contributed by atoms with van der Waals surface area (Å²) in [7, 11) is 0. The first-order chi connectivity index (χ1) is 15.3. The Morgan fingerprint density at radius 2 is 2.12 bits per heavy atom. The van der Waals surface area contributed by atoms with E-state index in [1.165, 1.54) is 0 Å². The van der Waals surface area contributed by atoms with Crippen molar-refractivity contribution in [3.63, 3.8) is 0 Å². The Morgan fingerprint density at radius 1 is 1.34 bits per heavy atom. The molecule has 2 aliphatic heterocycles. The molecule has 1 saturated carbocycles. The van der Waals surface area contributed by atoms with E-state index in [0.717, 1.165) is 35.7 Å². The van der Waals surface area contributed by atoms with Crippen molar-refractivity contribution in [1.29, 1.82) is 0 Å². The van der Waals surface area contributed by atoms with Crippen molar-refractivity contribution < 1.29 is 9.59 Å². The van der Waals surface area contributed by atoms with E-state index in [-0.39, 0.29) is 23.7 Å². The lowest BCUT2D eigenvalue weighted by molar-refractivity contribution is -0.140. The van der Waals surface area contributed by atoms with E-state index in [1.54, 1.807) is 11.3 Å². The Balaban J connectivity index is 1.42. The van der Waals surface area contributed by atoms with Crippen molar-refractivity contribution in [2.24, 2.45) is 17.3 Å². The van der Waals surface area contributed by atoms with Crippen molar-refractivity contribution >= 4 is 23.2 Å². The van der Waals surface area contributed by atoms with Crippen LogP contribution in [0.2, 0.25) is 0 Å². The Bertz CT molecular complexity index is 1020. The summed E-state index contributed by atoms with van der Waals surface area (Å²) in [4.78, 5) is 40.3. The van der Waals surface area contributed by atoms with Gasteiger partial charge >= 0.3 is 0 Å². The van der Waals surface area contributed by atoms with Crippen LogP contribution in [0.25, 0.3) is 0 Å². The predicted octanol–water partition coefficient (Wildman–Crippen LogP) is 3.62. The summed E-state index contributed by atoms with van der Waals surface area (Å²) in [6, 6.07) is 0.312. The summed E-state index contributed by atoms with van der Waals surface area (Å²) in [5, 5.41) is 3.06. The fraction of sp³-hybridized carbons (Fsp3) is 0.667. The first-order valence-corrected chi connectivity index (χ1v) is 12.7. The second kappa shape index (κ2) is 7.97. The Morgan fingerprint density at radius 3 is 2.75 bits per heavy atom. The maximum absolute atomic E-state index is 13.9. The molecule has 2 aromatic rings. The van der Waals surface area contributed by atoms with Gasteiger partial charge in [-0.25, -0.2) is 9.97 Å². The number of hydrogen-bond donors (Lipinski definition) is 0. The molecule has 4 heterocycles. The van der Waals surface area contributed by atoms with Crippen LogP contribution in [-0.2, 0) is 16.1 Å². The largest absolute Gasteiger partial charge is 0.341 e. The fourth-order valence-corrected chi connectivity index (χ4v) is 6.39. The van der Waals surface area contributed by atoms with Gasteiger partial charge in [0.1, 0.15) is 0 Å². The number of rotatable bonds is 5. The summed E-state index contributed by atoms with van der Waals surface area (Å²) >= 11 is 1.62. The molecule has 1 spiro atoms. The molecule has 8 heteroatoms. The Kier molecular flexibility index (Phi) is 5.39. The lowest BCUT2D eigenvalue weighted by Gasteiger charge is -2.34. The molecule has 3 fully saturated rings. The van der Waals surface area contributed by atoms with Gasteiger partial charge in [0.05, 0.1) is 34.7 Å². The number of carbonyl (C=O) groups is 2. The van der Waals surface area contributed by atoms with E-state index in [1.807, 2.05) is 28.4 Å². The van der Waals surface area contributed by atoms with E-state index in [2.05, 4.69) is 36.5 Å². The minimum Gasteiger partial charge on any atom is -0.341 e. The van der Waals surface area contributed by atoms with Gasteiger partial charge in [-0.1, -0.05) is 6.92 Å². The SMILES string of the molecule is Cc1nc(CN2CCC3(CN(C(=O)C4CC(C)C4)CC3c3cn(C(C)C)cn3)C2=O)cs1. The third-order valence-electron chi connectivity index (χ3n) is 7.71. The van der Waals surface area contributed by atoms with E-state index in [4.69, 9.17) is 4.98 Å². The summed E-state index contributed by atoms with van der Waals surface area (Å²) in [5.74, 6) is 1.08. The number of aromatic nitrogens is 3. The minimum absolute atomic E-state index is 0.0568. The van der Waals surface area contributed by atoms with Gasteiger partial charge < -0.3 is 14.4 Å². The molecule has 2 amide bonds. The smallest absolute Gasteiger partial charge is 0.231 e. The van der Waals surface area contributed by atoms with Crippen molar-refractivity contribution in [2.75, 3.05) is 19.6 Å². The standard InChI is InChI=1S/C24H33N5O2S/c1-15(2)29-11-21(25-14-29)20-10-28(22(30)18-7-16(3)8-18)13-24(20)5-6-27(23(24)31)9-19-12-32-17(4)26-19/h11-12,14-16,18,20H,5-10,13H2,1-4H3. The van der Waals surface area contributed by atoms with Gasteiger partial charge in [0.15, 0.2) is 0 Å². The number of imidazole rings is 1. The summed E-state index contributed by atoms with van der Waals surface area (Å²) in [6.07, 6.45) is 6.65. The molecular weight excluding hydrogens is 422 g/mol. The van der Waals surface area contributed by atoms with Gasteiger partial charge in [-0.15, -0.1) is 11.3 Å². The van der Waals surface area contributed by atoms with Gasteiger partial charge in [0, 0.05) is 49.1 Å². The number of carbonyl (C=O) groups excluding carboxylic acids is 2. The van der Waals surface area contributed by atoms with Crippen LogP contribution in [0.15, 0.2) is 17.9 Å². The highest BCUT2D eigenvalue weighted by Gasteiger charge is 2.59. The van der Waals surface area contributed by atoms with Gasteiger partial charge in [-0.2, -0.15) is 0 Å². The topological polar surface area (TPSA) is 71.3 Å². The first-order valence-electron chi connectivity index (χ1n) is 11.8. The van der Waals surface area contributed by atoms with E-state index >= 15 is 0 Å². The highest BCUT2D eigenvalue weighted by Crippen LogP contribution is 2.51. The predicted molar refractivity (Wildman–Crippen MR) is 123 cm³/mol. The van der Waals surface area contributed by atoms with Crippen LogP contribution >= 0.6 is 11.3 Å². The normalized spacial score (nSPS) is 30.0. The van der Waals surface area contributed by atoms with Gasteiger partial charge in [-0.05, 0) is 46.0 Å². The first kappa shape index (κ1) is 21.6.